The van der Waals surface area contributed by atoms with E-state index in [-0.39, 0.29) is 0 Å². The minimum absolute atomic E-state index is 0.342. The number of ether oxygens (including phenoxy) is 5. The van der Waals surface area contributed by atoms with Gasteiger partial charge in [-0.2, -0.15) is 0 Å². The van der Waals surface area contributed by atoms with Crippen LogP contribution >= 0.6 is 15.9 Å². The molecule has 0 radical (unpaired) electrons. The van der Waals surface area contributed by atoms with Crippen LogP contribution in [0.25, 0.3) is 10.9 Å². The molecule has 0 spiro atoms. The van der Waals surface area contributed by atoms with Gasteiger partial charge in [0.15, 0.2) is 11.5 Å². The number of hydrogen-bond acceptors (Lipinski definition) is 8. The molecule has 1 aliphatic rings. The van der Waals surface area contributed by atoms with E-state index in [9.17, 15) is 5.11 Å². The summed E-state index contributed by atoms with van der Waals surface area (Å²) in [6, 6.07) is 19.1. The zero-order valence-electron chi connectivity index (χ0n) is 23.0. The molecule has 5 rings (SSSR count). The average Bonchev–Trinajstić information content (AvgIpc) is 2.99. The number of hydrogen-bond donors (Lipinski definition) is 2. The first-order valence-electron chi connectivity index (χ1n) is 13.0. The Hall–Kier alpha value is -3.53. The molecule has 40 heavy (non-hydrogen) atoms. The van der Waals surface area contributed by atoms with Gasteiger partial charge in [0.05, 0.1) is 32.8 Å². The van der Waals surface area contributed by atoms with E-state index < -0.39 is 11.5 Å². The minimum Gasteiger partial charge on any atom is -0.497 e. The van der Waals surface area contributed by atoms with Crippen LogP contribution in [0.1, 0.15) is 29.0 Å². The number of aliphatic hydroxyl groups is 1. The topological polar surface area (TPSA) is 91.3 Å². The van der Waals surface area contributed by atoms with Crippen LogP contribution in [0.3, 0.4) is 0 Å². The molecule has 0 saturated heterocycles. The van der Waals surface area contributed by atoms with E-state index in [2.05, 4.69) is 21.2 Å². The van der Waals surface area contributed by atoms with Crippen LogP contribution < -0.4 is 29.0 Å². The van der Waals surface area contributed by atoms with Gasteiger partial charge < -0.3 is 34.1 Å². The zero-order valence-corrected chi connectivity index (χ0v) is 24.6. The van der Waals surface area contributed by atoms with Crippen LogP contribution in [0.4, 0.5) is 0 Å². The second-order valence-corrected chi connectivity index (χ2v) is 10.5. The van der Waals surface area contributed by atoms with Crippen molar-refractivity contribution in [2.75, 3.05) is 48.1 Å². The predicted octanol–water partition coefficient (Wildman–Crippen LogP) is 5.42. The molecule has 1 aliphatic heterocycles. The fourth-order valence-corrected chi connectivity index (χ4v) is 5.73. The molecule has 9 heteroatoms. The maximum atomic E-state index is 13.0. The average molecular weight is 610 g/mol. The third-order valence-corrected chi connectivity index (χ3v) is 7.76. The summed E-state index contributed by atoms with van der Waals surface area (Å²) in [7, 11) is 6.64. The fraction of sp³-hybridized carbons (Fsp3) is 0.323. The summed E-state index contributed by atoms with van der Waals surface area (Å²) in [5.74, 6) is 2.08. The van der Waals surface area contributed by atoms with Gasteiger partial charge in [-0.15, -0.1) is 0 Å². The third-order valence-electron chi connectivity index (χ3n) is 7.27. The number of nitrogens with one attached hydrogen (secondary N) is 1. The molecule has 0 fully saturated rings. The number of para-hydroxylation sites is 1. The smallest absolute Gasteiger partial charge is 0.217 e. The molecule has 0 aliphatic carbocycles. The van der Waals surface area contributed by atoms with Crippen molar-refractivity contribution in [2.45, 2.75) is 17.9 Å². The number of rotatable bonds is 10. The number of aromatic nitrogens is 1. The van der Waals surface area contributed by atoms with Gasteiger partial charge in [-0.05, 0) is 68.0 Å². The van der Waals surface area contributed by atoms with Crippen molar-refractivity contribution < 1.29 is 28.8 Å². The molecule has 2 heterocycles. The predicted molar refractivity (Wildman–Crippen MR) is 157 cm³/mol. The van der Waals surface area contributed by atoms with Gasteiger partial charge in [-0.3, -0.25) is 0 Å². The lowest BCUT2D eigenvalue weighted by atomic mass is 9.71. The lowest BCUT2D eigenvalue weighted by Gasteiger charge is -2.39. The van der Waals surface area contributed by atoms with E-state index in [4.69, 9.17) is 28.7 Å². The van der Waals surface area contributed by atoms with E-state index >= 15 is 0 Å². The highest BCUT2D eigenvalue weighted by Gasteiger charge is 2.44. The minimum atomic E-state index is -1.49. The molecule has 8 nitrogen and oxygen atoms in total. The molecule has 0 bridgehead atoms. The second kappa shape index (κ2) is 11.9. The van der Waals surface area contributed by atoms with Crippen LogP contribution in [0.2, 0.25) is 0 Å². The molecule has 0 amide bonds. The summed E-state index contributed by atoms with van der Waals surface area (Å²) in [5, 5.41) is 17.1. The highest BCUT2D eigenvalue weighted by Crippen LogP contribution is 2.52. The summed E-state index contributed by atoms with van der Waals surface area (Å²) in [5.41, 5.74) is 1.37. The summed E-state index contributed by atoms with van der Waals surface area (Å²) in [6.45, 7) is 1.37. The number of benzene rings is 3. The highest BCUT2D eigenvalue weighted by molar-refractivity contribution is 9.10. The van der Waals surface area contributed by atoms with Gasteiger partial charge in [0.1, 0.15) is 30.3 Å². The van der Waals surface area contributed by atoms with Gasteiger partial charge in [0, 0.05) is 27.1 Å². The van der Waals surface area contributed by atoms with Crippen molar-refractivity contribution in [1.29, 1.82) is 0 Å². The number of nitrogens with zero attached hydrogens (tertiary/aromatic N) is 1. The van der Waals surface area contributed by atoms with E-state index in [1.165, 1.54) is 0 Å². The van der Waals surface area contributed by atoms with Gasteiger partial charge >= 0.3 is 0 Å². The van der Waals surface area contributed by atoms with Crippen molar-refractivity contribution in [2.24, 2.45) is 0 Å². The summed E-state index contributed by atoms with van der Waals surface area (Å²) in [6.07, 6.45) is 0.342. The molecule has 2 unspecified atom stereocenters. The first-order valence-corrected chi connectivity index (χ1v) is 13.8. The number of halogens is 1. The second-order valence-electron chi connectivity index (χ2n) is 9.61. The van der Waals surface area contributed by atoms with Gasteiger partial charge in [0.2, 0.25) is 5.88 Å². The van der Waals surface area contributed by atoms with Crippen molar-refractivity contribution in [3.8, 4) is 28.9 Å². The maximum absolute atomic E-state index is 13.0. The van der Waals surface area contributed by atoms with Gasteiger partial charge in [-0.1, -0.05) is 28.1 Å². The summed E-state index contributed by atoms with van der Waals surface area (Å²) in [4.78, 5) is 4.86. The SMILES string of the molecule is CNCCC(O)(c1cc(OC)cc(OC)c1)C(c1cc2cc(Br)ccc2nc1OC)c1cccc2c1OCCO2. The number of methoxy groups -OCH3 is 3. The Morgan fingerprint density at radius 2 is 1.70 bits per heavy atom. The zero-order chi connectivity index (χ0) is 28.3. The van der Waals surface area contributed by atoms with Crippen LogP contribution in [0.5, 0.6) is 28.9 Å². The molecule has 2 atom stereocenters. The van der Waals surface area contributed by atoms with Gasteiger partial charge in [-0.25, -0.2) is 4.98 Å². The molecule has 1 aromatic heterocycles. The molecular formula is C31H33BrN2O6. The maximum Gasteiger partial charge on any atom is 0.217 e. The van der Waals surface area contributed by atoms with Crippen molar-refractivity contribution in [3.05, 3.63) is 81.8 Å². The summed E-state index contributed by atoms with van der Waals surface area (Å²) >= 11 is 3.58. The molecule has 2 N–H and O–H groups in total. The van der Waals surface area contributed by atoms with Crippen molar-refractivity contribution in [1.82, 2.24) is 10.3 Å². The van der Waals surface area contributed by atoms with Crippen molar-refractivity contribution in [3.63, 3.8) is 0 Å². The fourth-order valence-electron chi connectivity index (χ4n) is 5.35. The Labute approximate surface area is 242 Å². The normalized spacial score (nSPS) is 14.8. The first kappa shape index (κ1) is 28.0. The van der Waals surface area contributed by atoms with E-state index in [1.54, 1.807) is 27.4 Å². The van der Waals surface area contributed by atoms with E-state index in [1.807, 2.05) is 61.6 Å². The Morgan fingerprint density at radius 1 is 0.950 bits per heavy atom. The Morgan fingerprint density at radius 3 is 2.40 bits per heavy atom. The Balaban J connectivity index is 1.86. The quantitative estimate of drug-likeness (QED) is 0.246. The molecule has 0 saturated carbocycles. The van der Waals surface area contributed by atoms with Crippen LogP contribution in [-0.4, -0.2) is 58.2 Å². The largest absolute Gasteiger partial charge is 0.497 e. The lowest BCUT2D eigenvalue weighted by Crippen LogP contribution is -2.38. The van der Waals surface area contributed by atoms with Crippen LogP contribution in [0.15, 0.2) is 65.1 Å². The Kier molecular flexibility index (Phi) is 8.35. The lowest BCUT2D eigenvalue weighted by molar-refractivity contribution is 0.00871. The third kappa shape index (κ3) is 5.29. The molecule has 4 aromatic rings. The monoisotopic (exact) mass is 608 g/mol. The number of fused-ring (bicyclic) bond motifs is 2. The highest BCUT2D eigenvalue weighted by atomic mass is 79.9. The van der Waals surface area contributed by atoms with E-state index in [0.29, 0.717) is 66.2 Å². The van der Waals surface area contributed by atoms with Crippen molar-refractivity contribution >= 4 is 26.8 Å². The number of pyridine rings is 1. The van der Waals surface area contributed by atoms with Crippen LogP contribution in [0, 0.1) is 0 Å². The standard InChI is InChI=1S/C31H33BrN2O6/c1-33-11-10-31(35,20-16-22(36-2)18-23(17-20)37-3)28(24-6-5-7-27-29(24)40-13-12-39-27)25-15-19-14-21(32)8-9-26(19)34-30(25)38-4/h5-9,14-18,28,33,35H,10-13H2,1-4H3. The molecule has 210 valence electrons. The van der Waals surface area contributed by atoms with E-state index in [0.717, 1.165) is 20.9 Å². The molecular weight excluding hydrogens is 576 g/mol. The first-order chi connectivity index (χ1) is 19.4. The van der Waals surface area contributed by atoms with Gasteiger partial charge in [0.25, 0.3) is 0 Å². The van der Waals surface area contributed by atoms with Crippen LogP contribution in [-0.2, 0) is 5.60 Å². The molecule has 3 aromatic carbocycles. The Bertz CT molecular complexity index is 1490. The summed E-state index contributed by atoms with van der Waals surface area (Å²) < 4.78 is 30.2.